The number of hydrogen-bond donors (Lipinski definition) is 1. The summed E-state index contributed by atoms with van der Waals surface area (Å²) in [5.41, 5.74) is 6.57. The molecule has 0 aromatic carbocycles. The first-order valence-corrected chi connectivity index (χ1v) is 5.57. The monoisotopic (exact) mass is 221 g/mol. The molecule has 0 atom stereocenters. The molecule has 88 valence electrons. The first kappa shape index (κ1) is 12.6. The number of pyridine rings is 1. The van der Waals surface area contributed by atoms with E-state index in [9.17, 15) is 4.79 Å². The molecule has 0 fully saturated rings. The number of amides is 1. The Bertz CT molecular complexity index is 313. The zero-order valence-corrected chi connectivity index (χ0v) is 9.72. The van der Waals surface area contributed by atoms with Gasteiger partial charge in [-0.1, -0.05) is 0 Å². The lowest BCUT2D eigenvalue weighted by molar-refractivity contribution is -0.129. The third-order valence-corrected chi connectivity index (χ3v) is 2.51. The van der Waals surface area contributed by atoms with Crippen molar-refractivity contribution >= 4 is 5.91 Å². The molecule has 0 aliphatic carbocycles. The highest BCUT2D eigenvalue weighted by atomic mass is 16.2. The molecule has 0 spiro atoms. The van der Waals surface area contributed by atoms with Crippen LogP contribution < -0.4 is 5.73 Å². The normalized spacial score (nSPS) is 10.1. The molecular formula is C12H19N3O. The number of hydrogen-bond acceptors (Lipinski definition) is 3. The minimum atomic E-state index is 0.166. The van der Waals surface area contributed by atoms with Crippen LogP contribution >= 0.6 is 0 Å². The molecule has 0 aliphatic rings. The highest BCUT2D eigenvalue weighted by Gasteiger charge is 2.07. The third kappa shape index (κ3) is 4.40. The topological polar surface area (TPSA) is 59.2 Å². The van der Waals surface area contributed by atoms with Crippen LogP contribution in [0.15, 0.2) is 24.5 Å². The van der Waals surface area contributed by atoms with Crippen molar-refractivity contribution in [2.24, 2.45) is 5.73 Å². The molecule has 1 aromatic rings. The van der Waals surface area contributed by atoms with E-state index >= 15 is 0 Å². The van der Waals surface area contributed by atoms with E-state index in [1.54, 1.807) is 17.3 Å². The molecule has 4 nitrogen and oxygen atoms in total. The largest absolute Gasteiger partial charge is 0.345 e. The predicted octanol–water partition coefficient (Wildman–Crippen LogP) is 0.821. The highest BCUT2D eigenvalue weighted by molar-refractivity contribution is 5.75. The van der Waals surface area contributed by atoms with Gasteiger partial charge in [-0.3, -0.25) is 9.78 Å². The van der Waals surface area contributed by atoms with Gasteiger partial charge in [-0.25, -0.2) is 0 Å². The molecule has 1 amide bonds. The molecule has 16 heavy (non-hydrogen) atoms. The summed E-state index contributed by atoms with van der Waals surface area (Å²) in [6.07, 6.45) is 5.71. The Hall–Kier alpha value is -1.42. The summed E-state index contributed by atoms with van der Waals surface area (Å²) in [5, 5.41) is 0. The van der Waals surface area contributed by atoms with Gasteiger partial charge in [0.2, 0.25) is 5.91 Å². The van der Waals surface area contributed by atoms with Crippen LogP contribution in [-0.2, 0) is 11.2 Å². The molecule has 0 bridgehead atoms. The van der Waals surface area contributed by atoms with Gasteiger partial charge in [0, 0.05) is 32.4 Å². The van der Waals surface area contributed by atoms with Gasteiger partial charge in [0.15, 0.2) is 0 Å². The number of likely N-dealkylation sites (N-methyl/N-ethyl adjacent to an activating group) is 1. The van der Waals surface area contributed by atoms with Crippen LogP contribution in [0.4, 0.5) is 0 Å². The van der Waals surface area contributed by atoms with Crippen LogP contribution in [0.25, 0.3) is 0 Å². The lowest BCUT2D eigenvalue weighted by Gasteiger charge is -2.16. The molecule has 1 rings (SSSR count). The fourth-order valence-electron chi connectivity index (χ4n) is 1.42. The smallest absolute Gasteiger partial charge is 0.222 e. The number of carbonyl (C=O) groups excluding carboxylic acids is 1. The van der Waals surface area contributed by atoms with Gasteiger partial charge in [-0.15, -0.1) is 0 Å². The van der Waals surface area contributed by atoms with Crippen molar-refractivity contribution in [3.8, 4) is 0 Å². The Morgan fingerprint density at radius 2 is 2.12 bits per heavy atom. The molecule has 1 aromatic heterocycles. The van der Waals surface area contributed by atoms with Crippen molar-refractivity contribution in [3.63, 3.8) is 0 Å². The van der Waals surface area contributed by atoms with Crippen molar-refractivity contribution in [1.29, 1.82) is 0 Å². The van der Waals surface area contributed by atoms with E-state index in [0.29, 0.717) is 13.0 Å². The molecule has 0 radical (unpaired) electrons. The molecular weight excluding hydrogens is 202 g/mol. The highest BCUT2D eigenvalue weighted by Crippen LogP contribution is 2.01. The van der Waals surface area contributed by atoms with E-state index in [4.69, 9.17) is 5.73 Å². The second kappa shape index (κ2) is 6.95. The summed E-state index contributed by atoms with van der Waals surface area (Å²) in [6.45, 7) is 1.32. The fraction of sp³-hybridized carbons (Fsp3) is 0.500. The number of aromatic nitrogens is 1. The van der Waals surface area contributed by atoms with Crippen LogP contribution in [-0.4, -0.2) is 35.9 Å². The first-order chi connectivity index (χ1) is 7.74. The average Bonchev–Trinajstić information content (AvgIpc) is 2.34. The predicted molar refractivity (Wildman–Crippen MR) is 63.9 cm³/mol. The molecule has 1 heterocycles. The van der Waals surface area contributed by atoms with Crippen molar-refractivity contribution < 1.29 is 4.79 Å². The van der Waals surface area contributed by atoms with Crippen LogP contribution in [0.5, 0.6) is 0 Å². The van der Waals surface area contributed by atoms with Crippen LogP contribution in [0.3, 0.4) is 0 Å². The Morgan fingerprint density at radius 1 is 1.44 bits per heavy atom. The molecule has 4 heteroatoms. The van der Waals surface area contributed by atoms with Crippen LogP contribution in [0.1, 0.15) is 18.4 Å². The minimum absolute atomic E-state index is 0.166. The average molecular weight is 221 g/mol. The molecule has 0 aliphatic heterocycles. The Labute approximate surface area is 96.5 Å². The maximum Gasteiger partial charge on any atom is 0.222 e. The summed E-state index contributed by atoms with van der Waals surface area (Å²) in [5.74, 6) is 0.166. The van der Waals surface area contributed by atoms with E-state index in [2.05, 4.69) is 4.98 Å². The second-order valence-electron chi connectivity index (χ2n) is 3.81. The van der Waals surface area contributed by atoms with E-state index in [0.717, 1.165) is 19.4 Å². The zero-order valence-electron chi connectivity index (χ0n) is 9.72. The van der Waals surface area contributed by atoms with Gasteiger partial charge in [0.1, 0.15) is 0 Å². The van der Waals surface area contributed by atoms with Crippen LogP contribution in [0, 0.1) is 0 Å². The van der Waals surface area contributed by atoms with Gasteiger partial charge in [-0.2, -0.15) is 0 Å². The Kier molecular flexibility index (Phi) is 5.50. The fourth-order valence-corrected chi connectivity index (χ4v) is 1.42. The molecule has 2 N–H and O–H groups in total. The maximum atomic E-state index is 11.6. The minimum Gasteiger partial charge on any atom is -0.345 e. The first-order valence-electron chi connectivity index (χ1n) is 5.57. The van der Waals surface area contributed by atoms with Crippen molar-refractivity contribution in [1.82, 2.24) is 9.88 Å². The summed E-state index contributed by atoms with van der Waals surface area (Å²) in [7, 11) is 1.83. The SMILES string of the molecule is CN(CCc1ccncc1)C(=O)CCCN. The summed E-state index contributed by atoms with van der Waals surface area (Å²) < 4.78 is 0. The summed E-state index contributed by atoms with van der Waals surface area (Å²) >= 11 is 0. The summed E-state index contributed by atoms with van der Waals surface area (Å²) in [6, 6.07) is 3.94. The molecule has 0 saturated carbocycles. The zero-order chi connectivity index (χ0) is 11.8. The van der Waals surface area contributed by atoms with Crippen molar-refractivity contribution in [3.05, 3.63) is 30.1 Å². The van der Waals surface area contributed by atoms with Gasteiger partial charge in [0.25, 0.3) is 0 Å². The third-order valence-electron chi connectivity index (χ3n) is 2.51. The standard InChI is InChI=1S/C12H19N3O/c1-15(12(16)3-2-7-13)10-6-11-4-8-14-9-5-11/h4-5,8-9H,2-3,6-7,10,13H2,1H3. The quantitative estimate of drug-likeness (QED) is 0.773. The molecule has 0 saturated heterocycles. The van der Waals surface area contributed by atoms with Crippen molar-refractivity contribution in [2.75, 3.05) is 20.1 Å². The van der Waals surface area contributed by atoms with E-state index < -0.39 is 0 Å². The number of nitrogens with zero attached hydrogens (tertiary/aromatic N) is 2. The van der Waals surface area contributed by atoms with E-state index in [-0.39, 0.29) is 5.91 Å². The number of nitrogens with two attached hydrogens (primary N) is 1. The van der Waals surface area contributed by atoms with E-state index in [1.807, 2.05) is 19.2 Å². The number of rotatable bonds is 6. The lowest BCUT2D eigenvalue weighted by Crippen LogP contribution is -2.29. The summed E-state index contributed by atoms with van der Waals surface area (Å²) in [4.78, 5) is 17.3. The van der Waals surface area contributed by atoms with Gasteiger partial charge in [-0.05, 0) is 37.1 Å². The molecule has 0 unspecified atom stereocenters. The van der Waals surface area contributed by atoms with Gasteiger partial charge < -0.3 is 10.6 Å². The van der Waals surface area contributed by atoms with E-state index in [1.165, 1.54) is 5.56 Å². The number of carbonyl (C=O) groups is 1. The maximum absolute atomic E-state index is 11.6. The van der Waals surface area contributed by atoms with Gasteiger partial charge in [0.05, 0.1) is 0 Å². The lowest BCUT2D eigenvalue weighted by atomic mass is 10.2. The van der Waals surface area contributed by atoms with Gasteiger partial charge >= 0.3 is 0 Å². The second-order valence-corrected chi connectivity index (χ2v) is 3.81. The Morgan fingerprint density at radius 3 is 2.75 bits per heavy atom. The van der Waals surface area contributed by atoms with Crippen molar-refractivity contribution in [2.45, 2.75) is 19.3 Å². The van der Waals surface area contributed by atoms with Crippen LogP contribution in [0.2, 0.25) is 0 Å². The Balaban J connectivity index is 2.29.